The van der Waals surface area contributed by atoms with Gasteiger partial charge in [-0.15, -0.1) is 0 Å². The average molecular weight is 479 g/mol. The van der Waals surface area contributed by atoms with Crippen LogP contribution in [0.5, 0.6) is 0 Å². The van der Waals surface area contributed by atoms with Crippen LogP contribution in [0.25, 0.3) is 5.65 Å². The van der Waals surface area contributed by atoms with Crippen molar-refractivity contribution in [1.29, 1.82) is 0 Å². The van der Waals surface area contributed by atoms with E-state index in [0.29, 0.717) is 41.8 Å². The van der Waals surface area contributed by atoms with E-state index in [1.54, 1.807) is 16.8 Å². The summed E-state index contributed by atoms with van der Waals surface area (Å²) in [6, 6.07) is 6.90. The molecule has 1 amide bonds. The van der Waals surface area contributed by atoms with Crippen molar-refractivity contribution in [3.8, 4) is 0 Å². The molecular weight excluding hydrogens is 447 g/mol. The van der Waals surface area contributed by atoms with Crippen LogP contribution in [-0.4, -0.2) is 70.5 Å². The highest BCUT2D eigenvalue weighted by atomic mass is 19.1. The predicted molar refractivity (Wildman–Crippen MR) is 131 cm³/mol. The number of hydrogen-bond acceptors (Lipinski definition) is 6. The van der Waals surface area contributed by atoms with Crippen LogP contribution in [0.1, 0.15) is 53.1 Å². The van der Waals surface area contributed by atoms with Gasteiger partial charge in [0.1, 0.15) is 11.4 Å². The van der Waals surface area contributed by atoms with E-state index in [2.05, 4.69) is 39.0 Å². The highest BCUT2D eigenvalue weighted by Gasteiger charge is 2.33. The molecule has 1 aromatic carbocycles. The van der Waals surface area contributed by atoms with Gasteiger partial charge in [-0.1, -0.05) is 26.0 Å². The Hall–Kier alpha value is -3.33. The van der Waals surface area contributed by atoms with Crippen LogP contribution < -0.4 is 10.2 Å². The molecule has 184 valence electrons. The molecule has 1 aliphatic carbocycles. The van der Waals surface area contributed by atoms with Gasteiger partial charge in [-0.05, 0) is 36.9 Å². The van der Waals surface area contributed by atoms with Gasteiger partial charge in [0, 0.05) is 45.3 Å². The van der Waals surface area contributed by atoms with Gasteiger partial charge in [0.05, 0.1) is 23.1 Å². The van der Waals surface area contributed by atoms with Crippen molar-refractivity contribution in [2.45, 2.75) is 33.1 Å². The first kappa shape index (κ1) is 23.4. The van der Waals surface area contributed by atoms with Crippen molar-refractivity contribution in [2.75, 3.05) is 44.2 Å². The molecule has 8 nitrogen and oxygen atoms in total. The van der Waals surface area contributed by atoms with Crippen LogP contribution >= 0.6 is 0 Å². The summed E-state index contributed by atoms with van der Waals surface area (Å²) in [5.41, 5.74) is 2.84. The van der Waals surface area contributed by atoms with E-state index < -0.39 is 0 Å². The van der Waals surface area contributed by atoms with Crippen LogP contribution in [0.2, 0.25) is 0 Å². The third-order valence-electron chi connectivity index (χ3n) is 6.96. The smallest absolute Gasteiger partial charge is 0.256 e. The number of rotatable bonds is 6. The Balaban J connectivity index is 1.14. The molecule has 0 atom stereocenters. The maximum absolute atomic E-state index is 14.0. The van der Waals surface area contributed by atoms with Crippen molar-refractivity contribution in [3.05, 3.63) is 59.3 Å². The molecule has 1 aliphatic heterocycles. The Morgan fingerprint density at radius 3 is 2.66 bits per heavy atom. The average Bonchev–Trinajstić information content (AvgIpc) is 3.27. The van der Waals surface area contributed by atoms with E-state index in [1.807, 2.05) is 12.1 Å². The number of amides is 1. The Morgan fingerprint density at radius 1 is 1.11 bits per heavy atom. The summed E-state index contributed by atoms with van der Waals surface area (Å²) >= 11 is 0. The van der Waals surface area contributed by atoms with Gasteiger partial charge in [-0.25, -0.2) is 13.9 Å². The van der Waals surface area contributed by atoms with Crippen molar-refractivity contribution >= 4 is 23.0 Å². The number of nitrogens with zero attached hydrogens (tertiary/aromatic N) is 5. The minimum Gasteiger partial charge on any atom is -0.367 e. The molecule has 2 aliphatic rings. The van der Waals surface area contributed by atoms with Crippen molar-refractivity contribution < 1.29 is 14.0 Å². The lowest BCUT2D eigenvalue weighted by Crippen LogP contribution is -2.47. The summed E-state index contributed by atoms with van der Waals surface area (Å²) in [5.74, 6) is -0.318. The summed E-state index contributed by atoms with van der Waals surface area (Å²) in [5, 5.41) is 7.37. The number of piperazine rings is 1. The molecule has 1 fully saturated rings. The molecule has 0 bridgehead atoms. The van der Waals surface area contributed by atoms with Gasteiger partial charge in [-0.3, -0.25) is 14.5 Å². The van der Waals surface area contributed by atoms with Gasteiger partial charge < -0.3 is 10.2 Å². The fraction of sp³-hybridized carbons (Fsp3) is 0.462. The molecule has 0 radical (unpaired) electrons. The lowest BCUT2D eigenvalue weighted by atomic mass is 9.76. The largest absolute Gasteiger partial charge is 0.367 e. The van der Waals surface area contributed by atoms with Crippen LogP contribution in [0.4, 0.5) is 10.1 Å². The minimum absolute atomic E-state index is 0.0712. The van der Waals surface area contributed by atoms with E-state index in [-0.39, 0.29) is 22.9 Å². The second kappa shape index (κ2) is 9.37. The molecule has 35 heavy (non-hydrogen) atoms. The molecule has 2 aromatic heterocycles. The number of ketones is 1. The normalized spacial score (nSPS) is 18.0. The second-order valence-corrected chi connectivity index (χ2v) is 10.2. The maximum atomic E-state index is 14.0. The molecule has 1 saturated heterocycles. The lowest BCUT2D eigenvalue weighted by molar-refractivity contribution is 0.0907. The number of anilines is 1. The first-order valence-corrected chi connectivity index (χ1v) is 12.2. The van der Waals surface area contributed by atoms with Crippen LogP contribution in [0.3, 0.4) is 0 Å². The zero-order valence-electron chi connectivity index (χ0n) is 20.3. The topological polar surface area (TPSA) is 82.8 Å². The van der Waals surface area contributed by atoms with Gasteiger partial charge in [0.15, 0.2) is 11.4 Å². The molecule has 0 saturated carbocycles. The van der Waals surface area contributed by atoms with Gasteiger partial charge in [0.25, 0.3) is 5.91 Å². The highest BCUT2D eigenvalue weighted by molar-refractivity contribution is 6.01. The number of carbonyl (C=O) groups is 2. The van der Waals surface area contributed by atoms with E-state index in [0.717, 1.165) is 44.8 Å². The number of halogens is 1. The van der Waals surface area contributed by atoms with E-state index in [9.17, 15) is 14.0 Å². The summed E-state index contributed by atoms with van der Waals surface area (Å²) in [6.45, 7) is 8.83. The molecule has 1 N–H and O–H groups in total. The first-order valence-electron chi connectivity index (χ1n) is 12.2. The maximum Gasteiger partial charge on any atom is 0.256 e. The van der Waals surface area contributed by atoms with Crippen molar-refractivity contribution in [1.82, 2.24) is 24.8 Å². The summed E-state index contributed by atoms with van der Waals surface area (Å²) in [6.07, 6.45) is 5.13. The monoisotopic (exact) mass is 478 g/mol. The van der Waals surface area contributed by atoms with Crippen LogP contribution in [0.15, 0.2) is 36.7 Å². The molecule has 3 aromatic rings. The fourth-order valence-corrected chi connectivity index (χ4v) is 5.11. The number of Topliss-reactive ketones (excluding diaryl/α,β-unsaturated/α-hetero) is 1. The Labute approximate surface area is 204 Å². The predicted octanol–water partition coefficient (Wildman–Crippen LogP) is 2.97. The summed E-state index contributed by atoms with van der Waals surface area (Å²) in [7, 11) is 0. The third kappa shape index (κ3) is 4.77. The fourth-order valence-electron chi connectivity index (χ4n) is 5.11. The molecule has 3 heterocycles. The molecule has 5 rings (SSSR count). The van der Waals surface area contributed by atoms with Gasteiger partial charge in [0.2, 0.25) is 0 Å². The highest BCUT2D eigenvalue weighted by Crippen LogP contribution is 2.34. The standard InChI is InChI=1S/C26H31FN6O2/c1-26(2)14-22-18(23(34)15-26)16-29-24-19(17-30-33(22)24)25(35)28-8-5-9-31-10-12-32(13-11-31)21-7-4-3-6-20(21)27/h3-4,6-7,16-17H,5,8-15H2,1-2H3,(H,28,35). The number of carbonyl (C=O) groups excluding carboxylic acids is 2. The van der Waals surface area contributed by atoms with Gasteiger partial charge in [-0.2, -0.15) is 5.10 Å². The zero-order chi connectivity index (χ0) is 24.6. The number of fused-ring (bicyclic) bond motifs is 3. The molecule has 0 spiro atoms. The minimum atomic E-state index is -0.210. The number of aromatic nitrogens is 3. The Kier molecular flexibility index (Phi) is 6.27. The second-order valence-electron chi connectivity index (χ2n) is 10.2. The SMILES string of the molecule is CC1(C)CC(=O)c2cnc3c(C(=O)NCCCN4CCN(c5ccccc5F)CC4)cnn3c2C1. The number of para-hydroxylation sites is 1. The molecule has 0 unspecified atom stereocenters. The quantitative estimate of drug-likeness (QED) is 0.549. The molecular formula is C26H31FN6O2. The zero-order valence-corrected chi connectivity index (χ0v) is 20.3. The Bertz CT molecular complexity index is 1260. The lowest BCUT2D eigenvalue weighted by Gasteiger charge is -2.36. The van der Waals surface area contributed by atoms with E-state index in [1.165, 1.54) is 12.3 Å². The Morgan fingerprint density at radius 2 is 1.89 bits per heavy atom. The van der Waals surface area contributed by atoms with E-state index >= 15 is 0 Å². The van der Waals surface area contributed by atoms with Gasteiger partial charge >= 0.3 is 0 Å². The van der Waals surface area contributed by atoms with Crippen LogP contribution in [0, 0.1) is 11.2 Å². The van der Waals surface area contributed by atoms with E-state index in [4.69, 9.17) is 0 Å². The number of hydrogen-bond donors (Lipinski definition) is 1. The number of benzene rings is 1. The van der Waals surface area contributed by atoms with Crippen molar-refractivity contribution in [2.24, 2.45) is 5.41 Å². The third-order valence-corrected chi connectivity index (χ3v) is 6.96. The summed E-state index contributed by atoms with van der Waals surface area (Å²) in [4.78, 5) is 34.2. The molecule has 9 heteroatoms. The number of nitrogens with one attached hydrogen (secondary N) is 1. The van der Waals surface area contributed by atoms with Crippen LogP contribution in [-0.2, 0) is 6.42 Å². The first-order chi connectivity index (χ1) is 16.8. The van der Waals surface area contributed by atoms with Crippen molar-refractivity contribution in [3.63, 3.8) is 0 Å². The summed E-state index contributed by atoms with van der Waals surface area (Å²) < 4.78 is 15.7.